The number of fused-ring (bicyclic) bond motifs is 3. The van der Waals surface area contributed by atoms with Crippen LogP contribution in [0, 0.1) is 5.92 Å². The quantitative estimate of drug-likeness (QED) is 0.240. The molecule has 7 atom stereocenters. The van der Waals surface area contributed by atoms with Crippen LogP contribution in [0.25, 0.3) is 10.8 Å². The monoisotopic (exact) mass is 530 g/mol. The zero-order chi connectivity index (χ0) is 28.0. The molecule has 1 saturated heterocycles. The van der Waals surface area contributed by atoms with Gasteiger partial charge in [-0.25, -0.2) is 0 Å². The molecule has 202 valence electrons. The fourth-order valence-electron chi connectivity index (χ4n) is 5.92. The molecule has 2 aromatic rings. The van der Waals surface area contributed by atoms with Crippen molar-refractivity contribution in [2.24, 2.45) is 5.92 Å². The summed E-state index contributed by atoms with van der Waals surface area (Å²) in [5, 5.41) is 85.5. The first-order valence-electron chi connectivity index (χ1n) is 11.9. The van der Waals surface area contributed by atoms with Gasteiger partial charge in [0, 0.05) is 12.3 Å². The van der Waals surface area contributed by atoms with Gasteiger partial charge >= 0.3 is 0 Å². The molecule has 12 nitrogen and oxygen atoms in total. The summed E-state index contributed by atoms with van der Waals surface area (Å²) in [6.45, 7) is 2.40. The second kappa shape index (κ2) is 8.48. The smallest absolute Gasteiger partial charge is 0.206 e. The van der Waals surface area contributed by atoms with Crippen LogP contribution >= 0.6 is 0 Å². The second-order valence-corrected chi connectivity index (χ2v) is 10.1. The van der Waals surface area contributed by atoms with E-state index in [9.17, 15) is 55.2 Å². The number of phenolic OH excluding ortho intramolecular Hbond substituents is 3. The maximum absolute atomic E-state index is 13.6. The molecular formula is C26H26O12. The van der Waals surface area contributed by atoms with Gasteiger partial charge in [0.2, 0.25) is 5.78 Å². The zero-order valence-electron chi connectivity index (χ0n) is 20.2. The van der Waals surface area contributed by atoms with E-state index in [0.717, 1.165) is 6.92 Å². The predicted octanol–water partition coefficient (Wildman–Crippen LogP) is -0.0409. The zero-order valence-corrected chi connectivity index (χ0v) is 20.2. The highest BCUT2D eigenvalue weighted by Crippen LogP contribution is 2.52. The third kappa shape index (κ3) is 3.31. The lowest BCUT2D eigenvalue weighted by molar-refractivity contribution is -0.164. The largest absolute Gasteiger partial charge is 0.508 e. The van der Waals surface area contributed by atoms with E-state index in [4.69, 9.17) is 4.74 Å². The molecule has 0 saturated carbocycles. The van der Waals surface area contributed by atoms with Crippen LogP contribution in [-0.4, -0.2) is 88.2 Å². The second-order valence-electron chi connectivity index (χ2n) is 10.1. The number of aromatic hydroxyl groups is 3. The van der Waals surface area contributed by atoms with E-state index in [0.29, 0.717) is 0 Å². The van der Waals surface area contributed by atoms with Crippen molar-refractivity contribution in [3.8, 4) is 17.2 Å². The first-order valence-corrected chi connectivity index (χ1v) is 11.9. The summed E-state index contributed by atoms with van der Waals surface area (Å²) in [5.41, 5.74) is -4.52. The normalized spacial score (nSPS) is 33.3. The molecule has 0 radical (unpaired) electrons. The number of hydrogen-bond donors (Lipinski definition) is 8. The number of hydrogen-bond acceptors (Lipinski definition) is 12. The summed E-state index contributed by atoms with van der Waals surface area (Å²) in [6.07, 6.45) is -7.02. The van der Waals surface area contributed by atoms with Crippen molar-refractivity contribution in [2.45, 2.75) is 62.8 Å². The average molecular weight is 530 g/mol. The average Bonchev–Trinajstić information content (AvgIpc) is 2.82. The molecule has 0 amide bonds. The van der Waals surface area contributed by atoms with Gasteiger partial charge in [-0.1, -0.05) is 0 Å². The van der Waals surface area contributed by atoms with Crippen molar-refractivity contribution in [3.05, 3.63) is 40.2 Å². The van der Waals surface area contributed by atoms with Gasteiger partial charge in [0.1, 0.15) is 40.8 Å². The van der Waals surface area contributed by atoms with E-state index < -0.39 is 93.5 Å². The van der Waals surface area contributed by atoms with Gasteiger partial charge < -0.3 is 45.6 Å². The van der Waals surface area contributed by atoms with Gasteiger partial charge in [0.25, 0.3) is 0 Å². The molecule has 1 aliphatic heterocycles. The number of benzene rings is 2. The van der Waals surface area contributed by atoms with Crippen molar-refractivity contribution in [2.75, 3.05) is 0 Å². The molecule has 1 heterocycles. The van der Waals surface area contributed by atoms with Crippen molar-refractivity contribution in [1.82, 2.24) is 0 Å². The summed E-state index contributed by atoms with van der Waals surface area (Å²) in [6, 6.07) is 2.49. The predicted molar refractivity (Wildman–Crippen MR) is 127 cm³/mol. The highest BCUT2D eigenvalue weighted by atomic mass is 16.5. The number of carbonyl (C=O) groups is 3. The van der Waals surface area contributed by atoms with E-state index in [1.54, 1.807) is 0 Å². The summed E-state index contributed by atoms with van der Waals surface area (Å²) >= 11 is 0. The molecule has 0 spiro atoms. The van der Waals surface area contributed by atoms with Gasteiger partial charge in [0.15, 0.2) is 17.2 Å². The highest BCUT2D eigenvalue weighted by Gasteiger charge is 2.61. The van der Waals surface area contributed by atoms with Crippen molar-refractivity contribution >= 4 is 28.1 Å². The van der Waals surface area contributed by atoms with E-state index in [1.807, 2.05) is 0 Å². The van der Waals surface area contributed by atoms with E-state index in [1.165, 1.54) is 19.1 Å². The van der Waals surface area contributed by atoms with Crippen molar-refractivity contribution < 1.29 is 60.0 Å². The Balaban J connectivity index is 1.72. The Morgan fingerprint density at radius 2 is 1.71 bits per heavy atom. The summed E-state index contributed by atoms with van der Waals surface area (Å²) in [5.74, 6) is -8.22. The first kappa shape index (κ1) is 26.1. The van der Waals surface area contributed by atoms with Crippen LogP contribution in [-0.2, 0) is 20.7 Å². The lowest BCUT2D eigenvalue weighted by Crippen LogP contribution is -2.61. The van der Waals surface area contributed by atoms with Gasteiger partial charge in [0.05, 0.1) is 34.8 Å². The summed E-state index contributed by atoms with van der Waals surface area (Å²) in [4.78, 5) is 38.1. The SMILES string of the molecule is CC(=O)C1=C(O)[C@@]2(O)C(=O)c3c(cc4cc(O)c([C@H]5C[C@@H](O)[C@H](O)[C@@H](C)O5)c(O)c4c3O)C[C@H]2[C@H](O)C1=O. The number of rotatable bonds is 2. The molecule has 0 aromatic heterocycles. The molecule has 5 rings (SSSR count). The Labute approximate surface area is 214 Å². The van der Waals surface area contributed by atoms with Crippen molar-refractivity contribution in [1.29, 1.82) is 0 Å². The molecule has 0 bridgehead atoms. The number of aliphatic hydroxyl groups excluding tert-OH is 4. The van der Waals surface area contributed by atoms with Crippen LogP contribution in [0.15, 0.2) is 23.5 Å². The Morgan fingerprint density at radius 1 is 1.05 bits per heavy atom. The molecule has 3 aliphatic rings. The maximum atomic E-state index is 13.6. The third-order valence-corrected chi connectivity index (χ3v) is 7.90. The number of carbonyl (C=O) groups excluding carboxylic acids is 3. The Hall–Kier alpha value is -3.55. The maximum Gasteiger partial charge on any atom is 0.206 e. The van der Waals surface area contributed by atoms with Crippen LogP contribution in [0.3, 0.4) is 0 Å². The Morgan fingerprint density at radius 3 is 2.32 bits per heavy atom. The molecule has 8 N–H and O–H groups in total. The summed E-state index contributed by atoms with van der Waals surface area (Å²) in [7, 11) is 0. The highest BCUT2D eigenvalue weighted by molar-refractivity contribution is 6.25. The minimum absolute atomic E-state index is 0.0493. The van der Waals surface area contributed by atoms with E-state index >= 15 is 0 Å². The Kier molecular flexibility index (Phi) is 5.82. The van der Waals surface area contributed by atoms with Gasteiger partial charge in [-0.2, -0.15) is 0 Å². The molecule has 2 aromatic carbocycles. The van der Waals surface area contributed by atoms with Crippen LogP contribution in [0.5, 0.6) is 17.2 Å². The number of phenols is 3. The van der Waals surface area contributed by atoms with Crippen molar-refractivity contribution in [3.63, 3.8) is 0 Å². The minimum atomic E-state index is -2.91. The minimum Gasteiger partial charge on any atom is -0.508 e. The first-order chi connectivity index (χ1) is 17.7. The van der Waals surface area contributed by atoms with Crippen LogP contribution in [0.4, 0.5) is 0 Å². The van der Waals surface area contributed by atoms with Gasteiger partial charge in [-0.3, -0.25) is 14.4 Å². The molecule has 1 fully saturated rings. The number of ether oxygens (including phenoxy) is 1. The fourth-order valence-corrected chi connectivity index (χ4v) is 5.92. The van der Waals surface area contributed by atoms with Gasteiger partial charge in [-0.15, -0.1) is 0 Å². The lowest BCUT2D eigenvalue weighted by atomic mass is 9.62. The van der Waals surface area contributed by atoms with Crippen LogP contribution in [0.1, 0.15) is 47.9 Å². The van der Waals surface area contributed by atoms with Gasteiger partial charge in [-0.05, 0) is 43.4 Å². The summed E-state index contributed by atoms with van der Waals surface area (Å²) < 4.78 is 5.65. The fraction of sp³-hybridized carbons (Fsp3) is 0.423. The van der Waals surface area contributed by atoms with Crippen LogP contribution < -0.4 is 0 Å². The molecular weight excluding hydrogens is 504 g/mol. The topological polar surface area (TPSA) is 222 Å². The molecule has 38 heavy (non-hydrogen) atoms. The lowest BCUT2D eigenvalue weighted by Gasteiger charge is -2.44. The molecule has 12 heteroatoms. The van der Waals surface area contributed by atoms with E-state index in [2.05, 4.69) is 0 Å². The standard InChI is InChI=1S/C26H26O12/c1-7(27)15-23(34)20(31)11-4-9-3-10-5-12(28)18(14-6-13(29)19(30)8(2)38-14)22(33)16(10)21(32)17(9)25(36)26(11,37)24(15)35/h3,5,8,11,13-14,19-20,28-33,35,37H,4,6H2,1-2H3/t8-,11+,13-,14-,19-,20+,26-/m1/s1. The molecule has 2 aliphatic carbocycles. The Bertz CT molecular complexity index is 1450. The number of aliphatic hydroxyl groups is 5. The van der Waals surface area contributed by atoms with E-state index in [-0.39, 0.29) is 34.7 Å². The third-order valence-electron chi connectivity index (χ3n) is 7.90. The molecule has 0 unspecified atom stereocenters. The number of Topliss-reactive ketones (excluding diaryl/α,β-unsaturated/α-hetero) is 3. The van der Waals surface area contributed by atoms with Crippen LogP contribution in [0.2, 0.25) is 0 Å². The number of ketones is 3.